The number of hydrogen-bond donors (Lipinski definition) is 2. The van der Waals surface area contributed by atoms with Gasteiger partial charge in [0.05, 0.1) is 5.60 Å². The van der Waals surface area contributed by atoms with Crippen molar-refractivity contribution in [2.45, 2.75) is 50.7 Å². The van der Waals surface area contributed by atoms with Crippen LogP contribution in [0.5, 0.6) is 0 Å². The van der Waals surface area contributed by atoms with Gasteiger partial charge in [0.15, 0.2) is 0 Å². The second-order valence-corrected chi connectivity index (χ2v) is 5.96. The number of nitrogens with one attached hydrogen (secondary N) is 1. The van der Waals surface area contributed by atoms with Crippen LogP contribution in [0.15, 0.2) is 24.3 Å². The van der Waals surface area contributed by atoms with Crippen LogP contribution in [-0.2, 0) is 4.74 Å². The highest BCUT2D eigenvalue weighted by Crippen LogP contribution is 2.24. The van der Waals surface area contributed by atoms with E-state index in [1.165, 1.54) is 12.1 Å². The molecule has 1 aromatic carbocycles. The van der Waals surface area contributed by atoms with Gasteiger partial charge < -0.3 is 15.2 Å². The largest absolute Gasteiger partial charge is 0.388 e. The summed E-state index contributed by atoms with van der Waals surface area (Å²) in [5, 5.41) is 14.0. The Morgan fingerprint density at radius 3 is 2.57 bits per heavy atom. The van der Waals surface area contributed by atoms with E-state index in [-0.39, 0.29) is 11.9 Å². The lowest BCUT2D eigenvalue weighted by Crippen LogP contribution is -2.45. The molecule has 2 N–H and O–H groups in total. The molecule has 0 spiro atoms. The highest BCUT2D eigenvalue weighted by molar-refractivity contribution is 5.20. The van der Waals surface area contributed by atoms with Crippen molar-refractivity contribution < 1.29 is 14.2 Å². The summed E-state index contributed by atoms with van der Waals surface area (Å²) in [5.74, 6) is -0.212. The van der Waals surface area contributed by atoms with Gasteiger partial charge in [0, 0.05) is 38.6 Å². The lowest BCUT2D eigenvalue weighted by Gasteiger charge is -2.34. The van der Waals surface area contributed by atoms with Crippen molar-refractivity contribution in [3.8, 4) is 0 Å². The van der Waals surface area contributed by atoms with Gasteiger partial charge in [-0.3, -0.25) is 0 Å². The molecule has 0 aliphatic carbocycles. The highest BCUT2D eigenvalue weighted by atomic mass is 19.1. The van der Waals surface area contributed by atoms with Gasteiger partial charge in [0.25, 0.3) is 0 Å². The van der Waals surface area contributed by atoms with Gasteiger partial charge in [0.1, 0.15) is 5.82 Å². The highest BCUT2D eigenvalue weighted by Gasteiger charge is 2.30. The lowest BCUT2D eigenvalue weighted by molar-refractivity contribution is -0.0629. The normalized spacial score (nSPS) is 19.4. The molecule has 1 aliphatic heterocycles. The second kappa shape index (κ2) is 7.87. The third-order valence-corrected chi connectivity index (χ3v) is 4.22. The first-order chi connectivity index (χ1) is 10.1. The van der Waals surface area contributed by atoms with Gasteiger partial charge >= 0.3 is 0 Å². The van der Waals surface area contributed by atoms with Crippen LogP contribution < -0.4 is 5.32 Å². The standard InChI is InChI=1S/C17H26FNO2/c1-2-3-4-16(14-5-7-15(18)8-6-14)19-13-17(20)9-11-21-12-10-17/h5-8,16,19-20H,2-4,9-13H2,1H3. The molecule has 4 heteroatoms. The van der Waals surface area contributed by atoms with E-state index in [9.17, 15) is 9.50 Å². The van der Waals surface area contributed by atoms with Gasteiger partial charge in [-0.2, -0.15) is 0 Å². The van der Waals surface area contributed by atoms with Crippen molar-refractivity contribution in [2.75, 3.05) is 19.8 Å². The van der Waals surface area contributed by atoms with Crippen LogP contribution in [0.3, 0.4) is 0 Å². The molecule has 0 amide bonds. The summed E-state index contributed by atoms with van der Waals surface area (Å²) in [5.41, 5.74) is 0.406. The molecule has 1 saturated heterocycles. The molecular formula is C17H26FNO2. The fourth-order valence-electron chi connectivity index (χ4n) is 2.73. The third kappa shape index (κ3) is 5.06. The Balaban J connectivity index is 1.97. The van der Waals surface area contributed by atoms with E-state index in [4.69, 9.17) is 4.74 Å². The smallest absolute Gasteiger partial charge is 0.123 e. The van der Waals surface area contributed by atoms with E-state index in [1.54, 1.807) is 0 Å². The molecule has 21 heavy (non-hydrogen) atoms. The maximum atomic E-state index is 13.1. The summed E-state index contributed by atoms with van der Waals surface area (Å²) >= 11 is 0. The number of unbranched alkanes of at least 4 members (excludes halogenated alkanes) is 1. The van der Waals surface area contributed by atoms with Crippen molar-refractivity contribution in [3.05, 3.63) is 35.6 Å². The Kier molecular flexibility index (Phi) is 6.15. The Morgan fingerprint density at radius 1 is 1.29 bits per heavy atom. The lowest BCUT2D eigenvalue weighted by atomic mass is 9.93. The van der Waals surface area contributed by atoms with Gasteiger partial charge in [-0.05, 0) is 24.1 Å². The molecule has 0 aromatic heterocycles. The molecule has 2 rings (SSSR count). The van der Waals surface area contributed by atoms with Crippen molar-refractivity contribution in [1.29, 1.82) is 0 Å². The van der Waals surface area contributed by atoms with Crippen LogP contribution >= 0.6 is 0 Å². The van der Waals surface area contributed by atoms with Crippen LogP contribution in [0, 0.1) is 5.82 Å². The molecule has 1 aromatic rings. The van der Waals surface area contributed by atoms with E-state index >= 15 is 0 Å². The number of hydrogen-bond acceptors (Lipinski definition) is 3. The summed E-state index contributed by atoms with van der Waals surface area (Å²) in [6.45, 7) is 3.96. The SMILES string of the molecule is CCCCC(NCC1(O)CCOCC1)c1ccc(F)cc1. The van der Waals surface area contributed by atoms with Crippen LogP contribution in [0.4, 0.5) is 4.39 Å². The van der Waals surface area contributed by atoms with Crippen LogP contribution in [0.1, 0.15) is 50.6 Å². The summed E-state index contributed by atoms with van der Waals surface area (Å²) < 4.78 is 18.4. The average Bonchev–Trinajstić information content (AvgIpc) is 2.49. The first-order valence-corrected chi connectivity index (χ1v) is 7.92. The van der Waals surface area contributed by atoms with Crippen molar-refractivity contribution in [2.24, 2.45) is 0 Å². The third-order valence-electron chi connectivity index (χ3n) is 4.22. The molecule has 1 aliphatic rings. The molecule has 1 unspecified atom stereocenters. The zero-order valence-corrected chi connectivity index (χ0v) is 12.8. The molecule has 0 saturated carbocycles. The molecule has 1 fully saturated rings. The fraction of sp³-hybridized carbons (Fsp3) is 0.647. The predicted octanol–water partition coefficient (Wildman–Crippen LogP) is 3.19. The predicted molar refractivity (Wildman–Crippen MR) is 81.7 cm³/mol. The molecule has 0 radical (unpaired) electrons. The summed E-state index contributed by atoms with van der Waals surface area (Å²) in [6, 6.07) is 6.82. The Bertz CT molecular complexity index is 415. The fourth-order valence-corrected chi connectivity index (χ4v) is 2.73. The molecule has 1 heterocycles. The van der Waals surface area contributed by atoms with Gasteiger partial charge in [-0.25, -0.2) is 4.39 Å². The van der Waals surface area contributed by atoms with Crippen LogP contribution in [-0.4, -0.2) is 30.5 Å². The minimum atomic E-state index is -0.678. The van der Waals surface area contributed by atoms with Crippen LogP contribution in [0.2, 0.25) is 0 Å². The van der Waals surface area contributed by atoms with Gasteiger partial charge in [-0.1, -0.05) is 31.9 Å². The second-order valence-electron chi connectivity index (χ2n) is 5.96. The summed E-state index contributed by atoms with van der Waals surface area (Å²) in [4.78, 5) is 0. The van der Waals surface area contributed by atoms with E-state index in [0.29, 0.717) is 32.6 Å². The van der Waals surface area contributed by atoms with Gasteiger partial charge in [0.2, 0.25) is 0 Å². The monoisotopic (exact) mass is 295 g/mol. The zero-order valence-electron chi connectivity index (χ0n) is 12.8. The zero-order chi connectivity index (χ0) is 15.1. The topological polar surface area (TPSA) is 41.5 Å². The van der Waals surface area contributed by atoms with Crippen molar-refractivity contribution in [1.82, 2.24) is 5.32 Å². The Hall–Kier alpha value is -0.970. The quantitative estimate of drug-likeness (QED) is 0.812. The minimum Gasteiger partial charge on any atom is -0.388 e. The maximum absolute atomic E-state index is 13.1. The van der Waals surface area contributed by atoms with Crippen molar-refractivity contribution >= 4 is 0 Å². The van der Waals surface area contributed by atoms with E-state index < -0.39 is 5.60 Å². The molecule has 118 valence electrons. The Morgan fingerprint density at radius 2 is 1.95 bits per heavy atom. The van der Waals surface area contributed by atoms with Crippen LogP contribution in [0.25, 0.3) is 0 Å². The first kappa shape index (κ1) is 16.4. The molecule has 3 nitrogen and oxygen atoms in total. The maximum Gasteiger partial charge on any atom is 0.123 e. The average molecular weight is 295 g/mol. The van der Waals surface area contributed by atoms with Crippen molar-refractivity contribution in [3.63, 3.8) is 0 Å². The molecule has 1 atom stereocenters. The Labute approximate surface area is 126 Å². The number of rotatable bonds is 7. The van der Waals surface area contributed by atoms with E-state index in [1.807, 2.05) is 12.1 Å². The molecule has 0 bridgehead atoms. The summed E-state index contributed by atoms with van der Waals surface area (Å²) in [7, 11) is 0. The minimum absolute atomic E-state index is 0.164. The number of ether oxygens (including phenoxy) is 1. The number of halogens is 1. The van der Waals surface area contributed by atoms with E-state index in [0.717, 1.165) is 24.8 Å². The summed E-state index contributed by atoms with van der Waals surface area (Å²) in [6.07, 6.45) is 4.57. The number of benzene rings is 1. The molecular weight excluding hydrogens is 269 g/mol. The number of aliphatic hydroxyl groups is 1. The van der Waals surface area contributed by atoms with Gasteiger partial charge in [-0.15, -0.1) is 0 Å². The first-order valence-electron chi connectivity index (χ1n) is 7.92. The van der Waals surface area contributed by atoms with E-state index in [2.05, 4.69) is 12.2 Å².